The second kappa shape index (κ2) is 8.87. The van der Waals surface area contributed by atoms with Crippen molar-refractivity contribution in [3.05, 3.63) is 35.9 Å². The SMILES string of the molecule is CCC1(CC)CC(NC2CC(NC(=O)OCc3ccccc3)C2)CCO1. The van der Waals surface area contributed by atoms with Gasteiger partial charge in [0.1, 0.15) is 6.61 Å². The van der Waals surface area contributed by atoms with Crippen LogP contribution in [0.5, 0.6) is 0 Å². The van der Waals surface area contributed by atoms with E-state index < -0.39 is 0 Å². The van der Waals surface area contributed by atoms with Crippen molar-refractivity contribution in [2.24, 2.45) is 0 Å². The average Bonchev–Trinajstić information content (AvgIpc) is 2.65. The minimum atomic E-state index is -0.320. The fraction of sp³-hybridized carbons (Fsp3) is 0.667. The van der Waals surface area contributed by atoms with Gasteiger partial charge in [0.05, 0.1) is 5.60 Å². The van der Waals surface area contributed by atoms with Gasteiger partial charge in [-0.25, -0.2) is 4.79 Å². The second-order valence-electron chi connectivity index (χ2n) is 7.67. The van der Waals surface area contributed by atoms with Gasteiger partial charge < -0.3 is 20.1 Å². The van der Waals surface area contributed by atoms with Crippen LogP contribution in [0.1, 0.15) is 57.9 Å². The first-order valence-electron chi connectivity index (χ1n) is 9.99. The highest BCUT2D eigenvalue weighted by Crippen LogP contribution is 2.32. The molecule has 1 atom stereocenters. The van der Waals surface area contributed by atoms with Crippen molar-refractivity contribution in [3.63, 3.8) is 0 Å². The second-order valence-corrected chi connectivity index (χ2v) is 7.67. The Labute approximate surface area is 156 Å². The molecule has 0 aromatic heterocycles. The molecule has 5 heteroatoms. The summed E-state index contributed by atoms with van der Waals surface area (Å²) in [6, 6.07) is 11.0. The minimum absolute atomic E-state index is 0.0541. The maximum atomic E-state index is 11.9. The van der Waals surface area contributed by atoms with E-state index in [9.17, 15) is 4.79 Å². The maximum Gasteiger partial charge on any atom is 0.407 e. The molecule has 0 spiro atoms. The summed E-state index contributed by atoms with van der Waals surface area (Å²) in [7, 11) is 0. The number of ether oxygens (including phenoxy) is 2. The lowest BCUT2D eigenvalue weighted by molar-refractivity contribution is -0.0952. The zero-order valence-electron chi connectivity index (χ0n) is 16.0. The molecule has 1 aliphatic carbocycles. The van der Waals surface area contributed by atoms with Crippen molar-refractivity contribution in [2.45, 2.75) is 82.7 Å². The Kier molecular flexibility index (Phi) is 6.54. The van der Waals surface area contributed by atoms with Crippen molar-refractivity contribution in [2.75, 3.05) is 6.61 Å². The van der Waals surface area contributed by atoms with Crippen molar-refractivity contribution in [3.8, 4) is 0 Å². The van der Waals surface area contributed by atoms with Crippen LogP contribution in [-0.2, 0) is 16.1 Å². The number of carbonyl (C=O) groups is 1. The topological polar surface area (TPSA) is 59.6 Å². The van der Waals surface area contributed by atoms with Gasteiger partial charge in [0, 0.05) is 24.7 Å². The lowest BCUT2D eigenvalue weighted by atomic mass is 9.82. The molecule has 1 amide bonds. The van der Waals surface area contributed by atoms with Crippen LogP contribution in [0.4, 0.5) is 4.79 Å². The molecule has 5 nitrogen and oxygen atoms in total. The van der Waals surface area contributed by atoms with Gasteiger partial charge >= 0.3 is 6.09 Å². The van der Waals surface area contributed by atoms with Crippen LogP contribution < -0.4 is 10.6 Å². The standard InChI is InChI=1S/C21H32N2O3/c1-3-21(4-2)14-17(10-11-26-21)22-18-12-19(13-18)23-20(24)25-15-16-8-6-5-7-9-16/h5-9,17-19,22H,3-4,10-15H2,1-2H3,(H,23,24). The van der Waals surface area contributed by atoms with E-state index in [1.165, 1.54) is 0 Å². The van der Waals surface area contributed by atoms with Gasteiger partial charge in [-0.3, -0.25) is 0 Å². The number of amides is 1. The molecule has 1 aromatic carbocycles. The van der Waals surface area contributed by atoms with Crippen LogP contribution in [0.25, 0.3) is 0 Å². The Hall–Kier alpha value is -1.59. The molecule has 1 unspecified atom stereocenters. The van der Waals surface area contributed by atoms with E-state index in [1.54, 1.807) is 0 Å². The Bertz CT molecular complexity index is 568. The lowest BCUT2D eigenvalue weighted by Gasteiger charge is -2.44. The molecule has 2 N–H and O–H groups in total. The van der Waals surface area contributed by atoms with E-state index in [-0.39, 0.29) is 17.7 Å². The number of carbonyl (C=O) groups excluding carboxylic acids is 1. The zero-order chi connectivity index (χ0) is 18.4. The molecule has 144 valence electrons. The van der Waals surface area contributed by atoms with Crippen LogP contribution in [-0.4, -0.2) is 36.4 Å². The highest BCUT2D eigenvalue weighted by molar-refractivity contribution is 5.67. The molecule has 0 bridgehead atoms. The van der Waals surface area contributed by atoms with Crippen molar-refractivity contribution in [1.82, 2.24) is 10.6 Å². The molecule has 2 aliphatic rings. The summed E-state index contributed by atoms with van der Waals surface area (Å²) in [5, 5.41) is 6.73. The number of rotatable bonds is 7. The molecule has 0 radical (unpaired) electrons. The highest BCUT2D eigenvalue weighted by Gasteiger charge is 2.38. The third-order valence-electron chi connectivity index (χ3n) is 5.93. The van der Waals surface area contributed by atoms with E-state index in [2.05, 4.69) is 24.5 Å². The van der Waals surface area contributed by atoms with E-state index in [4.69, 9.17) is 9.47 Å². The van der Waals surface area contributed by atoms with Crippen LogP contribution >= 0.6 is 0 Å². The largest absolute Gasteiger partial charge is 0.445 e. The summed E-state index contributed by atoms with van der Waals surface area (Å²) in [6.45, 7) is 5.60. The Balaban J connectivity index is 1.33. The summed E-state index contributed by atoms with van der Waals surface area (Å²) in [4.78, 5) is 11.9. The molecule has 1 saturated carbocycles. The monoisotopic (exact) mass is 360 g/mol. The van der Waals surface area contributed by atoms with E-state index in [1.807, 2.05) is 30.3 Å². The number of nitrogens with one attached hydrogen (secondary N) is 2. The molecular formula is C21H32N2O3. The first-order chi connectivity index (χ1) is 12.6. The minimum Gasteiger partial charge on any atom is -0.445 e. The van der Waals surface area contributed by atoms with Crippen LogP contribution in [0.3, 0.4) is 0 Å². The van der Waals surface area contributed by atoms with Crippen LogP contribution in [0, 0.1) is 0 Å². The van der Waals surface area contributed by atoms with Gasteiger partial charge in [0.15, 0.2) is 0 Å². The fourth-order valence-corrected chi connectivity index (χ4v) is 4.05. The maximum absolute atomic E-state index is 11.9. The van der Waals surface area contributed by atoms with Crippen molar-refractivity contribution >= 4 is 6.09 Å². The summed E-state index contributed by atoms with van der Waals surface area (Å²) in [6.07, 6.45) is 5.95. The van der Waals surface area contributed by atoms with Gasteiger partial charge in [-0.15, -0.1) is 0 Å². The number of benzene rings is 1. The van der Waals surface area contributed by atoms with Gasteiger partial charge in [-0.05, 0) is 44.1 Å². The fourth-order valence-electron chi connectivity index (χ4n) is 4.05. The summed E-state index contributed by atoms with van der Waals surface area (Å²) >= 11 is 0. The van der Waals surface area contributed by atoms with Crippen LogP contribution in [0.2, 0.25) is 0 Å². The van der Waals surface area contributed by atoms with Crippen molar-refractivity contribution < 1.29 is 14.3 Å². The van der Waals surface area contributed by atoms with E-state index in [0.717, 1.165) is 50.7 Å². The van der Waals surface area contributed by atoms with Gasteiger partial charge in [0.2, 0.25) is 0 Å². The Morgan fingerprint density at radius 2 is 1.88 bits per heavy atom. The average molecular weight is 360 g/mol. The molecule has 1 saturated heterocycles. The van der Waals surface area contributed by atoms with Crippen molar-refractivity contribution in [1.29, 1.82) is 0 Å². The normalized spacial score (nSPS) is 27.4. The van der Waals surface area contributed by atoms with Gasteiger partial charge in [0.25, 0.3) is 0 Å². The molecule has 3 rings (SSSR count). The molecule has 26 heavy (non-hydrogen) atoms. The molecule has 1 heterocycles. The third kappa shape index (κ3) is 4.98. The first kappa shape index (κ1) is 19.2. The zero-order valence-corrected chi connectivity index (χ0v) is 16.0. The first-order valence-corrected chi connectivity index (χ1v) is 9.99. The predicted molar refractivity (Wildman–Crippen MR) is 102 cm³/mol. The summed E-state index contributed by atoms with van der Waals surface area (Å²) in [5.41, 5.74) is 1.06. The van der Waals surface area contributed by atoms with Gasteiger partial charge in [-0.1, -0.05) is 44.2 Å². The highest BCUT2D eigenvalue weighted by atomic mass is 16.5. The lowest BCUT2D eigenvalue weighted by Crippen LogP contribution is -2.57. The quantitative estimate of drug-likeness (QED) is 0.777. The Morgan fingerprint density at radius 3 is 2.58 bits per heavy atom. The molecule has 2 fully saturated rings. The van der Waals surface area contributed by atoms with Crippen LogP contribution in [0.15, 0.2) is 30.3 Å². The van der Waals surface area contributed by atoms with E-state index in [0.29, 0.717) is 18.7 Å². The summed E-state index contributed by atoms with van der Waals surface area (Å²) < 4.78 is 11.3. The number of hydrogen-bond donors (Lipinski definition) is 2. The van der Waals surface area contributed by atoms with E-state index >= 15 is 0 Å². The number of hydrogen-bond acceptors (Lipinski definition) is 4. The smallest absolute Gasteiger partial charge is 0.407 e. The van der Waals surface area contributed by atoms with Gasteiger partial charge in [-0.2, -0.15) is 0 Å². The number of alkyl carbamates (subject to hydrolysis) is 1. The molecule has 1 aliphatic heterocycles. The Morgan fingerprint density at radius 1 is 1.15 bits per heavy atom. The third-order valence-corrected chi connectivity index (χ3v) is 5.93. The molecule has 1 aromatic rings. The molecular weight excluding hydrogens is 328 g/mol. The summed E-state index contributed by atoms with van der Waals surface area (Å²) in [5.74, 6) is 0. The predicted octanol–water partition coefficient (Wildman–Crippen LogP) is 3.77.